The van der Waals surface area contributed by atoms with Crippen LogP contribution in [0.3, 0.4) is 0 Å². The van der Waals surface area contributed by atoms with Gasteiger partial charge in [-0.3, -0.25) is 4.79 Å². The molecular weight excluding hydrogens is 364 g/mol. The molecule has 0 fully saturated rings. The summed E-state index contributed by atoms with van der Waals surface area (Å²) in [6.45, 7) is 1.56. The molecule has 0 unspecified atom stereocenters. The molecule has 0 aliphatic carbocycles. The van der Waals surface area contributed by atoms with Gasteiger partial charge in [-0.1, -0.05) is 17.8 Å². The van der Waals surface area contributed by atoms with Gasteiger partial charge in [0.25, 0.3) is 0 Å². The number of thioether (sulfide) groups is 1. The Kier molecular flexibility index (Phi) is 5.12. The number of carbonyl (C=O) groups excluding carboxylic acids is 1. The fourth-order valence-corrected chi connectivity index (χ4v) is 2.87. The third-order valence-corrected chi connectivity index (χ3v) is 4.43. The van der Waals surface area contributed by atoms with Crippen molar-refractivity contribution in [2.24, 2.45) is 0 Å². The number of phenolic OH excluding ortho intramolecular Hbond substituents is 1. The minimum absolute atomic E-state index is 0.0932. The molecule has 7 nitrogen and oxygen atoms in total. The van der Waals surface area contributed by atoms with E-state index in [-0.39, 0.29) is 5.75 Å². The SMILES string of the molecule is C[C@H](Sc1nnnn1-c1ccc(O)cc1)C(=O)Nc1c(F)cccc1F. The van der Waals surface area contributed by atoms with Gasteiger partial charge in [-0.05, 0) is 53.7 Å². The van der Waals surface area contributed by atoms with Gasteiger partial charge in [-0.2, -0.15) is 4.68 Å². The van der Waals surface area contributed by atoms with Crippen molar-refractivity contribution in [2.45, 2.75) is 17.3 Å². The van der Waals surface area contributed by atoms with Crippen LogP contribution in [-0.4, -0.2) is 36.5 Å². The molecule has 3 aromatic rings. The molecular formula is C16H13F2N5O2S. The highest BCUT2D eigenvalue weighted by Gasteiger charge is 2.21. The first-order chi connectivity index (χ1) is 12.5. The Morgan fingerprint density at radius 1 is 1.19 bits per heavy atom. The minimum Gasteiger partial charge on any atom is -0.508 e. The zero-order chi connectivity index (χ0) is 18.7. The van der Waals surface area contributed by atoms with Gasteiger partial charge in [0.15, 0.2) is 0 Å². The van der Waals surface area contributed by atoms with Crippen LogP contribution in [0.25, 0.3) is 5.69 Å². The molecule has 1 atom stereocenters. The largest absolute Gasteiger partial charge is 0.508 e. The second-order valence-electron chi connectivity index (χ2n) is 5.24. The standard InChI is InChI=1S/C16H13F2N5O2S/c1-9(15(25)19-14-12(17)3-2-4-13(14)18)26-16-20-21-22-23(16)10-5-7-11(24)8-6-10/h2-9,24H,1H3,(H,19,25)/t9-/m0/s1. The number of tetrazole rings is 1. The predicted molar refractivity (Wildman–Crippen MR) is 91.1 cm³/mol. The van der Waals surface area contributed by atoms with Crippen molar-refractivity contribution in [3.8, 4) is 11.4 Å². The van der Waals surface area contributed by atoms with Crippen molar-refractivity contribution >= 4 is 23.4 Å². The summed E-state index contributed by atoms with van der Waals surface area (Å²) in [4.78, 5) is 12.3. The van der Waals surface area contributed by atoms with E-state index in [9.17, 15) is 18.7 Å². The number of aromatic nitrogens is 4. The van der Waals surface area contributed by atoms with Gasteiger partial charge in [-0.15, -0.1) is 5.10 Å². The van der Waals surface area contributed by atoms with E-state index in [0.717, 1.165) is 23.9 Å². The smallest absolute Gasteiger partial charge is 0.237 e. The molecule has 0 radical (unpaired) electrons. The minimum atomic E-state index is -0.857. The van der Waals surface area contributed by atoms with Crippen molar-refractivity contribution in [3.05, 3.63) is 54.1 Å². The van der Waals surface area contributed by atoms with E-state index in [1.54, 1.807) is 19.1 Å². The van der Waals surface area contributed by atoms with Crippen molar-refractivity contribution in [1.29, 1.82) is 0 Å². The summed E-state index contributed by atoms with van der Waals surface area (Å²) in [5.74, 6) is -2.22. The maximum Gasteiger partial charge on any atom is 0.237 e. The van der Waals surface area contributed by atoms with E-state index < -0.39 is 28.5 Å². The summed E-state index contributed by atoms with van der Waals surface area (Å²) in [5.41, 5.74) is 0.0890. The summed E-state index contributed by atoms with van der Waals surface area (Å²) in [7, 11) is 0. The number of rotatable bonds is 5. The number of hydrogen-bond acceptors (Lipinski definition) is 6. The van der Waals surface area contributed by atoms with Gasteiger partial charge in [-0.25, -0.2) is 8.78 Å². The molecule has 1 heterocycles. The normalized spacial score (nSPS) is 12.0. The first-order valence-corrected chi connectivity index (χ1v) is 8.33. The van der Waals surface area contributed by atoms with Crippen molar-refractivity contribution in [1.82, 2.24) is 20.2 Å². The first-order valence-electron chi connectivity index (χ1n) is 7.45. The third kappa shape index (κ3) is 3.80. The van der Waals surface area contributed by atoms with Crippen molar-refractivity contribution in [3.63, 3.8) is 0 Å². The zero-order valence-electron chi connectivity index (χ0n) is 13.4. The predicted octanol–water partition coefficient (Wildman–Crippen LogP) is 2.77. The molecule has 1 amide bonds. The number of nitrogens with one attached hydrogen (secondary N) is 1. The molecule has 2 N–H and O–H groups in total. The average molecular weight is 377 g/mol. The van der Waals surface area contributed by atoms with E-state index in [4.69, 9.17) is 0 Å². The lowest BCUT2D eigenvalue weighted by atomic mass is 10.3. The molecule has 0 aliphatic heterocycles. The summed E-state index contributed by atoms with van der Waals surface area (Å²) in [6, 6.07) is 9.49. The summed E-state index contributed by atoms with van der Waals surface area (Å²) < 4.78 is 28.7. The molecule has 0 saturated heterocycles. The molecule has 3 rings (SSSR count). The number of nitrogens with zero attached hydrogens (tertiary/aromatic N) is 4. The molecule has 134 valence electrons. The fourth-order valence-electron chi connectivity index (χ4n) is 2.06. The second-order valence-corrected chi connectivity index (χ2v) is 6.54. The highest BCUT2D eigenvalue weighted by Crippen LogP contribution is 2.25. The van der Waals surface area contributed by atoms with E-state index in [1.165, 1.54) is 22.9 Å². The molecule has 0 aliphatic rings. The number of aromatic hydroxyl groups is 1. The number of phenols is 1. The number of hydrogen-bond donors (Lipinski definition) is 2. The van der Waals surface area contributed by atoms with Crippen LogP contribution >= 0.6 is 11.8 Å². The van der Waals surface area contributed by atoms with Crippen LogP contribution in [0.2, 0.25) is 0 Å². The van der Waals surface area contributed by atoms with E-state index >= 15 is 0 Å². The van der Waals surface area contributed by atoms with Gasteiger partial charge in [0.1, 0.15) is 23.1 Å². The maximum atomic E-state index is 13.7. The lowest BCUT2D eigenvalue weighted by molar-refractivity contribution is -0.115. The van der Waals surface area contributed by atoms with Gasteiger partial charge < -0.3 is 10.4 Å². The Balaban J connectivity index is 1.74. The first kappa shape index (κ1) is 17.8. The van der Waals surface area contributed by atoms with Crippen LogP contribution in [0.4, 0.5) is 14.5 Å². The van der Waals surface area contributed by atoms with Gasteiger partial charge in [0, 0.05) is 0 Å². The van der Waals surface area contributed by atoms with E-state index in [2.05, 4.69) is 20.8 Å². The molecule has 10 heteroatoms. The van der Waals surface area contributed by atoms with Gasteiger partial charge in [0.2, 0.25) is 11.1 Å². The van der Waals surface area contributed by atoms with Crippen LogP contribution in [0, 0.1) is 11.6 Å². The van der Waals surface area contributed by atoms with Crippen LogP contribution in [0.1, 0.15) is 6.92 Å². The maximum absolute atomic E-state index is 13.7. The van der Waals surface area contributed by atoms with Crippen LogP contribution in [0.5, 0.6) is 5.75 Å². The van der Waals surface area contributed by atoms with Crippen LogP contribution in [-0.2, 0) is 4.79 Å². The van der Waals surface area contributed by atoms with E-state index in [1.807, 2.05) is 0 Å². The Labute approximate surface area is 151 Å². The Bertz CT molecular complexity index is 912. The number of anilines is 1. The highest BCUT2D eigenvalue weighted by molar-refractivity contribution is 8.00. The Morgan fingerprint density at radius 2 is 1.85 bits per heavy atom. The average Bonchev–Trinajstić information content (AvgIpc) is 3.07. The van der Waals surface area contributed by atoms with Gasteiger partial charge in [0.05, 0.1) is 10.9 Å². The lowest BCUT2D eigenvalue weighted by Gasteiger charge is -2.12. The number of carbonyl (C=O) groups is 1. The molecule has 0 saturated carbocycles. The molecule has 0 spiro atoms. The topological polar surface area (TPSA) is 92.9 Å². The number of para-hydroxylation sites is 1. The number of amides is 1. The molecule has 0 bridgehead atoms. The van der Waals surface area contributed by atoms with Crippen molar-refractivity contribution < 1.29 is 18.7 Å². The quantitative estimate of drug-likeness (QED) is 0.664. The van der Waals surface area contributed by atoms with Gasteiger partial charge >= 0.3 is 0 Å². The molecule has 2 aromatic carbocycles. The number of halogens is 2. The van der Waals surface area contributed by atoms with Crippen molar-refractivity contribution in [2.75, 3.05) is 5.32 Å². The number of benzene rings is 2. The summed E-state index contributed by atoms with van der Waals surface area (Å²) in [6.07, 6.45) is 0. The summed E-state index contributed by atoms with van der Waals surface area (Å²) >= 11 is 1.02. The highest BCUT2D eigenvalue weighted by atomic mass is 32.2. The summed E-state index contributed by atoms with van der Waals surface area (Å²) in [5, 5.41) is 22.4. The lowest BCUT2D eigenvalue weighted by Crippen LogP contribution is -2.24. The Hall–Kier alpha value is -3.01. The van der Waals surface area contributed by atoms with Crippen LogP contribution in [0.15, 0.2) is 47.6 Å². The second kappa shape index (κ2) is 7.48. The molecule has 1 aromatic heterocycles. The zero-order valence-corrected chi connectivity index (χ0v) is 14.2. The monoisotopic (exact) mass is 377 g/mol. The van der Waals surface area contributed by atoms with Crippen LogP contribution < -0.4 is 5.32 Å². The fraction of sp³-hybridized carbons (Fsp3) is 0.125. The third-order valence-electron chi connectivity index (χ3n) is 3.40. The molecule has 26 heavy (non-hydrogen) atoms. The Morgan fingerprint density at radius 3 is 2.50 bits per heavy atom. The van der Waals surface area contributed by atoms with E-state index in [0.29, 0.717) is 10.8 Å².